The lowest BCUT2D eigenvalue weighted by Gasteiger charge is -2.19. The molecule has 0 spiro atoms. The molecule has 10 nitrogen and oxygen atoms in total. The van der Waals surface area contributed by atoms with Crippen molar-refractivity contribution in [3.8, 4) is 11.5 Å². The van der Waals surface area contributed by atoms with E-state index in [1.807, 2.05) is 0 Å². The first-order chi connectivity index (χ1) is 15.3. The van der Waals surface area contributed by atoms with E-state index >= 15 is 0 Å². The van der Waals surface area contributed by atoms with Gasteiger partial charge in [0.1, 0.15) is 17.2 Å². The van der Waals surface area contributed by atoms with Gasteiger partial charge in [0.15, 0.2) is 23.1 Å². The minimum Gasteiger partial charge on any atom is -0.382 e. The summed E-state index contributed by atoms with van der Waals surface area (Å²) in [7, 11) is -3.50. The molecule has 0 aliphatic carbocycles. The van der Waals surface area contributed by atoms with Crippen LogP contribution in [0.1, 0.15) is 12.0 Å². The van der Waals surface area contributed by atoms with E-state index in [9.17, 15) is 12.8 Å². The summed E-state index contributed by atoms with van der Waals surface area (Å²) in [6, 6.07) is 9.93. The predicted molar refractivity (Wildman–Crippen MR) is 119 cm³/mol. The molecule has 0 saturated carbocycles. The number of sulfonamides is 1. The average molecular weight is 454 g/mol. The average Bonchev–Trinajstić information content (AvgIpc) is 3.29. The Balaban J connectivity index is 1.62. The smallest absolute Gasteiger partial charge is 0.235 e. The highest BCUT2D eigenvalue weighted by Gasteiger charge is 2.33. The van der Waals surface area contributed by atoms with Crippen LogP contribution >= 0.6 is 0 Å². The van der Waals surface area contributed by atoms with Crippen molar-refractivity contribution >= 4 is 38.4 Å². The van der Waals surface area contributed by atoms with E-state index in [2.05, 4.69) is 20.1 Å². The topological polar surface area (TPSA) is 146 Å². The molecule has 1 aromatic carbocycles. The van der Waals surface area contributed by atoms with Gasteiger partial charge in [0.25, 0.3) is 0 Å². The Bertz CT molecular complexity index is 1430. The standard InChI is InChI=1S/C20H19FN8O2S/c21-14-7-2-1-5-12(14)11-28-20-13(6-3-8-24-20)15(27-28)19-25-17(22)16(18(23)26-19)29-9-4-10-32(29,30)31/h1-3,5-8H,4,9-11H2,(H4,22,23,25,26). The molecule has 0 bridgehead atoms. The summed E-state index contributed by atoms with van der Waals surface area (Å²) in [6.07, 6.45) is 2.08. The van der Waals surface area contributed by atoms with E-state index in [-0.39, 0.29) is 47.8 Å². The number of hydrogen-bond acceptors (Lipinski definition) is 8. The van der Waals surface area contributed by atoms with E-state index in [0.717, 1.165) is 4.31 Å². The molecule has 0 unspecified atom stereocenters. The molecule has 4 heterocycles. The number of rotatable bonds is 4. The molecule has 4 N–H and O–H groups in total. The summed E-state index contributed by atoms with van der Waals surface area (Å²) in [5.74, 6) is -0.317. The van der Waals surface area contributed by atoms with Gasteiger partial charge in [0, 0.05) is 18.3 Å². The summed E-state index contributed by atoms with van der Waals surface area (Å²) in [5, 5.41) is 5.18. The van der Waals surface area contributed by atoms with E-state index in [4.69, 9.17) is 11.5 Å². The number of halogens is 1. The van der Waals surface area contributed by atoms with Crippen molar-refractivity contribution in [1.29, 1.82) is 0 Å². The molecule has 3 aromatic heterocycles. The number of nitrogens with two attached hydrogens (primary N) is 2. The summed E-state index contributed by atoms with van der Waals surface area (Å²) < 4.78 is 41.5. The molecule has 5 rings (SSSR count). The van der Waals surface area contributed by atoms with Crippen molar-refractivity contribution < 1.29 is 12.8 Å². The lowest BCUT2D eigenvalue weighted by atomic mass is 10.2. The van der Waals surface area contributed by atoms with Gasteiger partial charge < -0.3 is 11.5 Å². The van der Waals surface area contributed by atoms with Crippen molar-refractivity contribution in [2.45, 2.75) is 13.0 Å². The third-order valence-electron chi connectivity index (χ3n) is 5.28. The number of nitrogens with zero attached hydrogens (tertiary/aromatic N) is 6. The SMILES string of the molecule is Nc1nc(-c2nn(Cc3ccccc3F)c3ncccc23)nc(N)c1N1CCCS1(=O)=O. The number of pyridine rings is 1. The van der Waals surface area contributed by atoms with Crippen molar-refractivity contribution in [1.82, 2.24) is 24.7 Å². The zero-order valence-corrected chi connectivity index (χ0v) is 17.6. The Morgan fingerprint density at radius 1 is 1.06 bits per heavy atom. The van der Waals surface area contributed by atoms with Gasteiger partial charge in [-0.3, -0.25) is 4.31 Å². The summed E-state index contributed by atoms with van der Waals surface area (Å²) in [5.41, 5.74) is 13.6. The first kappa shape index (κ1) is 20.1. The van der Waals surface area contributed by atoms with Crippen LogP contribution in [0, 0.1) is 5.82 Å². The van der Waals surface area contributed by atoms with Crippen LogP contribution in [0.15, 0.2) is 42.6 Å². The van der Waals surface area contributed by atoms with Crippen LogP contribution in [0.5, 0.6) is 0 Å². The van der Waals surface area contributed by atoms with Gasteiger partial charge in [-0.15, -0.1) is 0 Å². The Morgan fingerprint density at radius 2 is 1.81 bits per heavy atom. The number of hydrogen-bond donors (Lipinski definition) is 2. The van der Waals surface area contributed by atoms with Gasteiger partial charge in [-0.25, -0.2) is 32.4 Å². The quantitative estimate of drug-likeness (QED) is 0.474. The maximum absolute atomic E-state index is 14.2. The molecule has 4 aromatic rings. The molecular weight excluding hydrogens is 435 g/mol. The molecule has 0 atom stereocenters. The molecule has 164 valence electrons. The van der Waals surface area contributed by atoms with Crippen LogP contribution in [0.4, 0.5) is 21.7 Å². The van der Waals surface area contributed by atoms with Gasteiger partial charge >= 0.3 is 0 Å². The fourth-order valence-corrected chi connectivity index (χ4v) is 5.40. The Hall–Kier alpha value is -3.80. The maximum Gasteiger partial charge on any atom is 0.235 e. The Kier molecular flexibility index (Phi) is 4.66. The highest BCUT2D eigenvalue weighted by atomic mass is 32.2. The first-order valence-corrected chi connectivity index (χ1v) is 11.4. The van der Waals surface area contributed by atoms with E-state index < -0.39 is 10.0 Å². The van der Waals surface area contributed by atoms with Crippen LogP contribution in [0.25, 0.3) is 22.6 Å². The van der Waals surface area contributed by atoms with Crippen molar-refractivity contribution in [3.05, 3.63) is 54.0 Å². The monoisotopic (exact) mass is 454 g/mol. The van der Waals surface area contributed by atoms with Gasteiger partial charge in [0.05, 0.1) is 17.7 Å². The minimum atomic E-state index is -3.50. The Labute approximate surface area is 182 Å². The first-order valence-electron chi connectivity index (χ1n) is 9.84. The van der Waals surface area contributed by atoms with Crippen LogP contribution < -0.4 is 15.8 Å². The van der Waals surface area contributed by atoms with Crippen LogP contribution in [0.3, 0.4) is 0 Å². The minimum absolute atomic E-state index is 0.0182. The van der Waals surface area contributed by atoms with Crippen molar-refractivity contribution in [2.75, 3.05) is 28.1 Å². The van der Waals surface area contributed by atoms with Gasteiger partial charge in [-0.05, 0) is 24.6 Å². The van der Waals surface area contributed by atoms with Crippen LogP contribution in [0.2, 0.25) is 0 Å². The third kappa shape index (κ3) is 3.28. The fraction of sp³-hybridized carbons (Fsp3) is 0.200. The van der Waals surface area contributed by atoms with Crippen molar-refractivity contribution in [2.24, 2.45) is 0 Å². The van der Waals surface area contributed by atoms with E-state index in [1.165, 1.54) is 6.07 Å². The second-order valence-corrected chi connectivity index (χ2v) is 9.39. The number of fused-ring (bicyclic) bond motifs is 1. The number of anilines is 3. The van der Waals surface area contributed by atoms with Crippen LogP contribution in [-0.2, 0) is 16.6 Å². The second kappa shape index (κ2) is 7.41. The normalized spacial score (nSPS) is 15.5. The van der Waals surface area contributed by atoms with Crippen molar-refractivity contribution in [3.63, 3.8) is 0 Å². The molecule has 1 aliphatic heterocycles. The second-order valence-electron chi connectivity index (χ2n) is 7.38. The number of benzene rings is 1. The molecular formula is C20H19FN8O2S. The predicted octanol–water partition coefficient (Wildman–Crippen LogP) is 1.78. The lowest BCUT2D eigenvalue weighted by Crippen LogP contribution is -2.28. The summed E-state index contributed by atoms with van der Waals surface area (Å²) in [6.45, 7) is 0.415. The molecule has 32 heavy (non-hydrogen) atoms. The van der Waals surface area contributed by atoms with E-state index in [0.29, 0.717) is 28.7 Å². The molecule has 12 heteroatoms. The van der Waals surface area contributed by atoms with E-state index in [1.54, 1.807) is 41.2 Å². The Morgan fingerprint density at radius 3 is 2.50 bits per heavy atom. The highest BCUT2D eigenvalue weighted by molar-refractivity contribution is 7.93. The maximum atomic E-state index is 14.2. The van der Waals surface area contributed by atoms with Gasteiger partial charge in [-0.1, -0.05) is 18.2 Å². The molecule has 0 radical (unpaired) electrons. The molecule has 0 amide bonds. The molecule has 1 aliphatic rings. The zero-order valence-electron chi connectivity index (χ0n) is 16.8. The zero-order chi connectivity index (χ0) is 22.5. The number of aromatic nitrogens is 5. The van der Waals surface area contributed by atoms with Gasteiger partial charge in [0.2, 0.25) is 10.0 Å². The molecule has 1 fully saturated rings. The molecule has 1 saturated heterocycles. The fourth-order valence-electron chi connectivity index (χ4n) is 3.82. The summed E-state index contributed by atoms with van der Waals surface area (Å²) >= 11 is 0. The summed E-state index contributed by atoms with van der Waals surface area (Å²) in [4.78, 5) is 13.0. The lowest BCUT2D eigenvalue weighted by molar-refractivity contribution is 0.589. The largest absolute Gasteiger partial charge is 0.382 e. The highest BCUT2D eigenvalue weighted by Crippen LogP contribution is 2.35. The van der Waals surface area contributed by atoms with Gasteiger partial charge in [-0.2, -0.15) is 5.10 Å². The third-order valence-corrected chi connectivity index (χ3v) is 7.12. The van der Waals surface area contributed by atoms with Crippen LogP contribution in [-0.4, -0.2) is 45.4 Å². The number of nitrogen functional groups attached to an aromatic ring is 2.